The van der Waals surface area contributed by atoms with Gasteiger partial charge in [0.1, 0.15) is 6.54 Å². The minimum atomic E-state index is -0.0366. The topological polar surface area (TPSA) is 32.7 Å². The standard InChI is InChI=1S/C19H20ClN2OP/c1-19(2,24)13-6-4-5-12(9-13)18-15-10-14(20)7-8-16(15)22(3)17(23)11-21-18/h4-10H,11,24H2,1-3H3. The number of rotatable bonds is 2. The van der Waals surface area contributed by atoms with Gasteiger partial charge in [-0.1, -0.05) is 43.6 Å². The van der Waals surface area contributed by atoms with Crippen LogP contribution in [-0.2, 0) is 9.95 Å². The molecule has 1 amide bonds. The highest BCUT2D eigenvalue weighted by atomic mass is 35.5. The van der Waals surface area contributed by atoms with Crippen molar-refractivity contribution in [3.8, 4) is 0 Å². The van der Waals surface area contributed by atoms with Crippen LogP contribution in [0.3, 0.4) is 0 Å². The van der Waals surface area contributed by atoms with Crippen LogP contribution in [-0.4, -0.2) is 25.2 Å². The number of aliphatic imine (C=N–C) groups is 1. The van der Waals surface area contributed by atoms with E-state index in [2.05, 4.69) is 40.2 Å². The summed E-state index contributed by atoms with van der Waals surface area (Å²) >= 11 is 6.21. The number of anilines is 1. The number of hydrogen-bond donors (Lipinski definition) is 0. The molecule has 0 aromatic heterocycles. The summed E-state index contributed by atoms with van der Waals surface area (Å²) in [5, 5.41) is 0.595. The summed E-state index contributed by atoms with van der Waals surface area (Å²) in [6, 6.07) is 13.8. The third kappa shape index (κ3) is 3.24. The maximum absolute atomic E-state index is 12.2. The molecule has 1 heterocycles. The van der Waals surface area contributed by atoms with E-state index in [1.54, 1.807) is 18.0 Å². The van der Waals surface area contributed by atoms with E-state index in [1.165, 1.54) is 5.56 Å². The number of amides is 1. The first-order chi connectivity index (χ1) is 11.3. The largest absolute Gasteiger partial charge is 0.313 e. The van der Waals surface area contributed by atoms with Crippen molar-refractivity contribution in [2.75, 3.05) is 18.5 Å². The highest BCUT2D eigenvalue weighted by Gasteiger charge is 2.23. The van der Waals surface area contributed by atoms with Gasteiger partial charge < -0.3 is 4.90 Å². The third-order valence-electron chi connectivity index (χ3n) is 4.20. The molecule has 3 nitrogen and oxygen atoms in total. The van der Waals surface area contributed by atoms with Crippen LogP contribution in [0.15, 0.2) is 47.5 Å². The van der Waals surface area contributed by atoms with Crippen LogP contribution in [0.2, 0.25) is 5.02 Å². The van der Waals surface area contributed by atoms with Crippen LogP contribution in [0.1, 0.15) is 30.5 Å². The lowest BCUT2D eigenvalue weighted by Gasteiger charge is -2.21. The van der Waals surface area contributed by atoms with Gasteiger partial charge in [-0.3, -0.25) is 9.79 Å². The Labute approximate surface area is 149 Å². The van der Waals surface area contributed by atoms with Crippen molar-refractivity contribution < 1.29 is 4.79 Å². The Kier molecular flexibility index (Phi) is 4.50. The number of benzodiazepines with no additional fused rings is 1. The Morgan fingerprint density at radius 2 is 1.96 bits per heavy atom. The molecule has 0 N–H and O–H groups in total. The van der Waals surface area contributed by atoms with Crippen molar-refractivity contribution in [1.29, 1.82) is 0 Å². The lowest BCUT2D eigenvalue weighted by molar-refractivity contribution is -0.116. The molecule has 0 saturated heterocycles. The van der Waals surface area contributed by atoms with Gasteiger partial charge in [0.2, 0.25) is 5.91 Å². The number of benzene rings is 2. The summed E-state index contributed by atoms with van der Waals surface area (Å²) in [6.45, 7) is 4.42. The van der Waals surface area contributed by atoms with Crippen molar-refractivity contribution in [1.82, 2.24) is 0 Å². The van der Waals surface area contributed by atoms with Gasteiger partial charge in [-0.25, -0.2) is 0 Å². The average Bonchev–Trinajstić information content (AvgIpc) is 2.65. The predicted molar refractivity (Wildman–Crippen MR) is 105 cm³/mol. The molecular weight excluding hydrogens is 339 g/mol. The Bertz CT molecular complexity index is 840. The molecule has 0 radical (unpaired) electrons. The molecule has 1 atom stereocenters. The molecule has 1 aliphatic rings. The molecule has 1 unspecified atom stereocenters. The number of nitrogens with zero attached hydrogens (tertiary/aromatic N) is 2. The maximum Gasteiger partial charge on any atom is 0.248 e. The summed E-state index contributed by atoms with van der Waals surface area (Å²) < 4.78 is 0. The zero-order valence-electron chi connectivity index (χ0n) is 14.0. The lowest BCUT2D eigenvalue weighted by atomic mass is 9.95. The number of carbonyl (C=O) groups is 1. The fraction of sp³-hybridized carbons (Fsp3) is 0.263. The first-order valence-electron chi connectivity index (χ1n) is 7.78. The molecule has 0 spiro atoms. The molecular formula is C19H20ClN2OP. The summed E-state index contributed by atoms with van der Waals surface area (Å²) in [4.78, 5) is 18.5. The van der Waals surface area contributed by atoms with E-state index in [1.807, 2.05) is 24.3 Å². The van der Waals surface area contributed by atoms with E-state index in [0.717, 1.165) is 22.5 Å². The number of carbonyl (C=O) groups excluding carboxylic acids is 1. The molecule has 0 aliphatic carbocycles. The van der Waals surface area contributed by atoms with Crippen LogP contribution < -0.4 is 4.90 Å². The van der Waals surface area contributed by atoms with Gasteiger partial charge >= 0.3 is 0 Å². The van der Waals surface area contributed by atoms with E-state index in [-0.39, 0.29) is 17.6 Å². The SMILES string of the molecule is CN1C(=O)CN=C(c2cccc(C(C)(C)P)c2)c2cc(Cl)ccc21. The summed E-state index contributed by atoms with van der Waals surface area (Å²) in [5.74, 6) is -0.0314. The number of likely N-dealkylation sites (N-methyl/N-ethyl adjacent to an activating group) is 1. The zero-order chi connectivity index (χ0) is 17.5. The highest BCUT2D eigenvalue weighted by molar-refractivity contribution is 7.18. The Balaban J connectivity index is 2.19. The quantitative estimate of drug-likeness (QED) is 0.738. The summed E-state index contributed by atoms with van der Waals surface area (Å²) in [6.07, 6.45) is 0. The van der Waals surface area contributed by atoms with E-state index in [9.17, 15) is 4.79 Å². The van der Waals surface area contributed by atoms with Gasteiger partial charge in [0.25, 0.3) is 0 Å². The van der Waals surface area contributed by atoms with Gasteiger partial charge in [-0.05, 0) is 29.8 Å². The third-order valence-corrected chi connectivity index (χ3v) is 4.77. The zero-order valence-corrected chi connectivity index (χ0v) is 15.9. The van der Waals surface area contributed by atoms with Crippen LogP contribution >= 0.6 is 20.8 Å². The fourth-order valence-electron chi connectivity index (χ4n) is 2.78. The molecule has 3 rings (SSSR count). The van der Waals surface area contributed by atoms with Crippen LogP contribution in [0, 0.1) is 0 Å². The normalized spacial score (nSPS) is 15.0. The maximum atomic E-state index is 12.2. The molecule has 2 aromatic carbocycles. The first-order valence-corrected chi connectivity index (χ1v) is 8.73. The second kappa shape index (κ2) is 6.31. The molecule has 0 saturated carbocycles. The van der Waals surface area contributed by atoms with Crippen LogP contribution in [0.25, 0.3) is 0 Å². The minimum Gasteiger partial charge on any atom is -0.313 e. The van der Waals surface area contributed by atoms with E-state index in [0.29, 0.717) is 5.02 Å². The fourth-order valence-corrected chi connectivity index (χ4v) is 3.13. The number of halogens is 1. The number of hydrogen-bond acceptors (Lipinski definition) is 2. The molecule has 24 heavy (non-hydrogen) atoms. The second-order valence-corrected chi connectivity index (χ2v) is 8.46. The number of fused-ring (bicyclic) bond motifs is 1. The summed E-state index contributed by atoms with van der Waals surface area (Å²) in [5.41, 5.74) is 4.71. The molecule has 124 valence electrons. The van der Waals surface area contributed by atoms with Crippen molar-refractivity contribution in [3.05, 3.63) is 64.2 Å². The van der Waals surface area contributed by atoms with Crippen molar-refractivity contribution in [3.63, 3.8) is 0 Å². The monoisotopic (exact) mass is 358 g/mol. The average molecular weight is 359 g/mol. The first kappa shape index (κ1) is 17.1. The van der Waals surface area contributed by atoms with E-state index in [4.69, 9.17) is 11.6 Å². The minimum absolute atomic E-state index is 0.0314. The van der Waals surface area contributed by atoms with Gasteiger partial charge in [-0.15, -0.1) is 9.24 Å². The molecule has 0 bridgehead atoms. The van der Waals surface area contributed by atoms with E-state index < -0.39 is 0 Å². The van der Waals surface area contributed by atoms with Gasteiger partial charge in [0.05, 0.1) is 11.4 Å². The Hall–Kier alpha value is -1.70. The van der Waals surface area contributed by atoms with Crippen LogP contribution in [0.4, 0.5) is 5.69 Å². The molecule has 0 fully saturated rings. The summed E-state index contributed by atoms with van der Waals surface area (Å²) in [7, 11) is 4.63. The molecule has 5 heteroatoms. The van der Waals surface area contributed by atoms with Crippen LogP contribution in [0.5, 0.6) is 0 Å². The second-order valence-electron chi connectivity index (χ2n) is 6.58. The van der Waals surface area contributed by atoms with Gasteiger partial charge in [0.15, 0.2) is 0 Å². The molecule has 2 aromatic rings. The van der Waals surface area contributed by atoms with E-state index >= 15 is 0 Å². The lowest BCUT2D eigenvalue weighted by Crippen LogP contribution is -2.27. The Morgan fingerprint density at radius 3 is 2.67 bits per heavy atom. The predicted octanol–water partition coefficient (Wildman–Crippen LogP) is 4.26. The van der Waals surface area contributed by atoms with Crippen molar-refractivity contribution >= 4 is 38.1 Å². The molecule has 1 aliphatic heterocycles. The van der Waals surface area contributed by atoms with Gasteiger partial charge in [0, 0.05) is 28.4 Å². The highest BCUT2D eigenvalue weighted by Crippen LogP contribution is 2.33. The van der Waals surface area contributed by atoms with Crippen molar-refractivity contribution in [2.45, 2.75) is 19.0 Å². The smallest absolute Gasteiger partial charge is 0.248 e. The van der Waals surface area contributed by atoms with Gasteiger partial charge in [-0.2, -0.15) is 0 Å². The van der Waals surface area contributed by atoms with Crippen molar-refractivity contribution in [2.24, 2.45) is 4.99 Å². The Morgan fingerprint density at radius 1 is 1.21 bits per heavy atom.